The van der Waals surface area contributed by atoms with Crippen molar-refractivity contribution in [1.82, 2.24) is 4.90 Å². The zero-order valence-corrected chi connectivity index (χ0v) is 10.4. The standard InChI is InChI=1S/C12H27N/c1-7-12(5,8-2)9-10-13(6)11(3)4/h11H,7-10H2,1-6H3. The van der Waals surface area contributed by atoms with Gasteiger partial charge in [0.2, 0.25) is 0 Å². The van der Waals surface area contributed by atoms with Gasteiger partial charge >= 0.3 is 0 Å². The van der Waals surface area contributed by atoms with Gasteiger partial charge < -0.3 is 4.90 Å². The lowest BCUT2D eigenvalue weighted by Gasteiger charge is -2.30. The molecule has 0 amide bonds. The van der Waals surface area contributed by atoms with Gasteiger partial charge in [-0.05, 0) is 39.3 Å². The van der Waals surface area contributed by atoms with Crippen LogP contribution in [0.15, 0.2) is 0 Å². The van der Waals surface area contributed by atoms with Gasteiger partial charge in [-0.1, -0.05) is 33.6 Å². The summed E-state index contributed by atoms with van der Waals surface area (Å²) in [5.41, 5.74) is 0.559. The van der Waals surface area contributed by atoms with Crippen LogP contribution < -0.4 is 0 Å². The fraction of sp³-hybridized carbons (Fsp3) is 1.00. The predicted octanol–water partition coefficient (Wildman–Crippen LogP) is 3.54. The third kappa shape index (κ3) is 4.66. The van der Waals surface area contributed by atoms with Crippen molar-refractivity contribution in [2.24, 2.45) is 5.41 Å². The zero-order chi connectivity index (χ0) is 10.5. The smallest absolute Gasteiger partial charge is 0.00355 e. The van der Waals surface area contributed by atoms with Gasteiger partial charge in [0.25, 0.3) is 0 Å². The van der Waals surface area contributed by atoms with Crippen molar-refractivity contribution in [2.45, 2.75) is 59.9 Å². The van der Waals surface area contributed by atoms with E-state index in [1.165, 1.54) is 25.8 Å². The van der Waals surface area contributed by atoms with Crippen LogP contribution in [-0.2, 0) is 0 Å². The third-order valence-corrected chi connectivity index (χ3v) is 3.66. The van der Waals surface area contributed by atoms with Crippen LogP contribution in [-0.4, -0.2) is 24.5 Å². The van der Waals surface area contributed by atoms with Crippen molar-refractivity contribution in [2.75, 3.05) is 13.6 Å². The molecule has 0 unspecified atom stereocenters. The highest BCUT2D eigenvalue weighted by Gasteiger charge is 2.20. The van der Waals surface area contributed by atoms with Gasteiger partial charge in [0.1, 0.15) is 0 Å². The van der Waals surface area contributed by atoms with Gasteiger partial charge in [-0.25, -0.2) is 0 Å². The summed E-state index contributed by atoms with van der Waals surface area (Å²) < 4.78 is 0. The Kier molecular flexibility index (Phi) is 5.62. The second-order valence-corrected chi connectivity index (χ2v) is 4.84. The van der Waals surface area contributed by atoms with E-state index in [0.29, 0.717) is 11.5 Å². The molecule has 0 aromatic carbocycles. The minimum absolute atomic E-state index is 0.559. The second-order valence-electron chi connectivity index (χ2n) is 4.84. The average molecular weight is 185 g/mol. The molecule has 0 rings (SSSR count). The van der Waals surface area contributed by atoms with Crippen LogP contribution in [0.25, 0.3) is 0 Å². The highest BCUT2D eigenvalue weighted by Crippen LogP contribution is 2.29. The molecule has 0 aromatic rings. The second kappa shape index (κ2) is 5.64. The molecule has 0 aliphatic heterocycles. The Morgan fingerprint density at radius 3 is 1.92 bits per heavy atom. The summed E-state index contributed by atoms with van der Waals surface area (Å²) in [7, 11) is 2.22. The van der Waals surface area contributed by atoms with Gasteiger partial charge in [0, 0.05) is 6.04 Å². The monoisotopic (exact) mass is 185 g/mol. The van der Waals surface area contributed by atoms with Crippen molar-refractivity contribution in [3.63, 3.8) is 0 Å². The van der Waals surface area contributed by atoms with Crippen LogP contribution in [0.4, 0.5) is 0 Å². The van der Waals surface area contributed by atoms with Gasteiger partial charge in [-0.3, -0.25) is 0 Å². The van der Waals surface area contributed by atoms with Gasteiger partial charge in [-0.2, -0.15) is 0 Å². The van der Waals surface area contributed by atoms with E-state index in [1.54, 1.807) is 0 Å². The van der Waals surface area contributed by atoms with E-state index >= 15 is 0 Å². The van der Waals surface area contributed by atoms with Crippen molar-refractivity contribution >= 4 is 0 Å². The van der Waals surface area contributed by atoms with Crippen molar-refractivity contribution in [3.05, 3.63) is 0 Å². The lowest BCUT2D eigenvalue weighted by molar-refractivity contribution is 0.194. The first-order chi connectivity index (χ1) is 5.95. The highest BCUT2D eigenvalue weighted by atomic mass is 15.1. The lowest BCUT2D eigenvalue weighted by Crippen LogP contribution is -2.30. The van der Waals surface area contributed by atoms with Gasteiger partial charge in [-0.15, -0.1) is 0 Å². The van der Waals surface area contributed by atoms with Crippen molar-refractivity contribution < 1.29 is 0 Å². The minimum Gasteiger partial charge on any atom is -0.304 e. The van der Waals surface area contributed by atoms with E-state index in [1.807, 2.05) is 0 Å². The molecule has 0 spiro atoms. The molecule has 1 heteroatoms. The van der Waals surface area contributed by atoms with Crippen LogP contribution in [0.2, 0.25) is 0 Å². The maximum Gasteiger partial charge on any atom is 0.00355 e. The molecule has 0 saturated heterocycles. The summed E-state index contributed by atoms with van der Waals surface area (Å²) in [6.45, 7) is 12.8. The quantitative estimate of drug-likeness (QED) is 0.612. The number of hydrogen-bond acceptors (Lipinski definition) is 1. The Balaban J connectivity index is 3.85. The summed E-state index contributed by atoms with van der Waals surface area (Å²) >= 11 is 0. The Bertz CT molecular complexity index is 125. The first-order valence-electron chi connectivity index (χ1n) is 5.65. The SMILES string of the molecule is CCC(C)(CC)CCN(C)C(C)C. The molecule has 0 aliphatic carbocycles. The summed E-state index contributed by atoms with van der Waals surface area (Å²) in [5.74, 6) is 0. The largest absolute Gasteiger partial charge is 0.304 e. The maximum absolute atomic E-state index is 2.43. The normalized spacial score (nSPS) is 12.9. The number of nitrogens with zero attached hydrogens (tertiary/aromatic N) is 1. The molecule has 13 heavy (non-hydrogen) atoms. The van der Waals surface area contributed by atoms with Crippen LogP contribution in [0, 0.1) is 5.41 Å². The van der Waals surface area contributed by atoms with Crippen LogP contribution >= 0.6 is 0 Å². The number of hydrogen-bond donors (Lipinski definition) is 0. The average Bonchev–Trinajstić information content (AvgIpc) is 2.13. The Labute approximate surface area is 84.5 Å². The topological polar surface area (TPSA) is 3.24 Å². The van der Waals surface area contributed by atoms with E-state index in [4.69, 9.17) is 0 Å². The van der Waals surface area contributed by atoms with E-state index in [2.05, 4.69) is 46.6 Å². The summed E-state index contributed by atoms with van der Waals surface area (Å²) in [4.78, 5) is 2.43. The molecule has 0 saturated carbocycles. The lowest BCUT2D eigenvalue weighted by atomic mass is 9.81. The first kappa shape index (κ1) is 13.0. The van der Waals surface area contributed by atoms with E-state index in [0.717, 1.165) is 0 Å². The number of rotatable bonds is 6. The molecule has 1 nitrogen and oxygen atoms in total. The van der Waals surface area contributed by atoms with E-state index in [-0.39, 0.29) is 0 Å². The Morgan fingerprint density at radius 2 is 1.62 bits per heavy atom. The molecular weight excluding hydrogens is 158 g/mol. The van der Waals surface area contributed by atoms with E-state index < -0.39 is 0 Å². The maximum atomic E-state index is 2.43. The molecule has 0 aliphatic rings. The summed E-state index contributed by atoms with van der Waals surface area (Å²) in [6.07, 6.45) is 3.93. The van der Waals surface area contributed by atoms with Gasteiger partial charge in [0.15, 0.2) is 0 Å². The fourth-order valence-corrected chi connectivity index (χ4v) is 1.31. The summed E-state index contributed by atoms with van der Waals surface area (Å²) in [6, 6.07) is 0.679. The van der Waals surface area contributed by atoms with E-state index in [9.17, 15) is 0 Å². The molecule has 0 aromatic heterocycles. The molecule has 0 heterocycles. The first-order valence-corrected chi connectivity index (χ1v) is 5.65. The highest BCUT2D eigenvalue weighted by molar-refractivity contribution is 4.72. The molecule has 0 bridgehead atoms. The third-order valence-electron chi connectivity index (χ3n) is 3.66. The van der Waals surface area contributed by atoms with Crippen molar-refractivity contribution in [3.8, 4) is 0 Å². The molecule has 0 fully saturated rings. The Morgan fingerprint density at radius 1 is 1.15 bits per heavy atom. The molecule has 0 atom stereocenters. The van der Waals surface area contributed by atoms with Crippen LogP contribution in [0.5, 0.6) is 0 Å². The predicted molar refractivity (Wildman–Crippen MR) is 61.1 cm³/mol. The molecule has 0 N–H and O–H groups in total. The zero-order valence-electron chi connectivity index (χ0n) is 10.4. The fourth-order valence-electron chi connectivity index (χ4n) is 1.31. The Hall–Kier alpha value is -0.0400. The minimum atomic E-state index is 0.559. The van der Waals surface area contributed by atoms with Crippen LogP contribution in [0.1, 0.15) is 53.9 Å². The van der Waals surface area contributed by atoms with Crippen molar-refractivity contribution in [1.29, 1.82) is 0 Å². The molecule has 0 radical (unpaired) electrons. The van der Waals surface area contributed by atoms with Crippen LogP contribution in [0.3, 0.4) is 0 Å². The summed E-state index contributed by atoms with van der Waals surface area (Å²) in [5, 5.41) is 0. The molecular formula is C12H27N. The van der Waals surface area contributed by atoms with Gasteiger partial charge in [0.05, 0.1) is 0 Å². The molecule has 80 valence electrons.